The number of fused-ring (bicyclic) bond motifs is 1. The van der Waals surface area contributed by atoms with Gasteiger partial charge in [-0.25, -0.2) is 0 Å². The van der Waals surface area contributed by atoms with E-state index in [1.165, 1.54) is 31.1 Å². The smallest absolute Gasteiger partial charge is 0.0689 e. The fourth-order valence-corrected chi connectivity index (χ4v) is 4.85. The van der Waals surface area contributed by atoms with Gasteiger partial charge in [-0.05, 0) is 43.8 Å². The van der Waals surface area contributed by atoms with Gasteiger partial charge in [0.1, 0.15) is 0 Å². The third-order valence-electron chi connectivity index (χ3n) is 3.60. The Morgan fingerprint density at radius 1 is 1.10 bits per heavy atom. The Labute approximate surface area is 128 Å². The summed E-state index contributed by atoms with van der Waals surface area (Å²) in [6.07, 6.45) is 0. The number of hydrogen-bond donors (Lipinski definition) is 0. The van der Waals surface area contributed by atoms with Crippen LogP contribution in [0.2, 0.25) is 0 Å². The summed E-state index contributed by atoms with van der Waals surface area (Å²) in [4.78, 5) is 5.29. The van der Waals surface area contributed by atoms with Crippen molar-refractivity contribution >= 4 is 38.4 Å². The van der Waals surface area contributed by atoms with E-state index in [-0.39, 0.29) is 0 Å². The fraction of sp³-hybridized carbons (Fsp3) is 0.294. The zero-order valence-electron chi connectivity index (χ0n) is 12.1. The molecule has 2 heterocycles. The second-order valence-corrected chi connectivity index (χ2v) is 6.90. The van der Waals surface area contributed by atoms with Gasteiger partial charge in [0.15, 0.2) is 0 Å². The van der Waals surface area contributed by atoms with Crippen LogP contribution in [0.4, 0.5) is 5.69 Å². The normalized spacial score (nSPS) is 11.2. The first kappa shape index (κ1) is 13.7. The molecule has 3 heteroatoms. The van der Waals surface area contributed by atoms with Gasteiger partial charge in [0.25, 0.3) is 0 Å². The average Bonchev–Trinajstić information content (AvgIpc) is 3.05. The fourth-order valence-electron chi connectivity index (χ4n) is 2.60. The summed E-state index contributed by atoms with van der Waals surface area (Å²) in [5, 5.41) is 3.63. The van der Waals surface area contributed by atoms with E-state index in [1.807, 2.05) is 22.7 Å². The van der Waals surface area contributed by atoms with Gasteiger partial charge >= 0.3 is 0 Å². The summed E-state index contributed by atoms with van der Waals surface area (Å²) in [7, 11) is 0. The van der Waals surface area contributed by atoms with Gasteiger partial charge in [0.05, 0.1) is 10.6 Å². The van der Waals surface area contributed by atoms with Crippen LogP contribution >= 0.6 is 22.7 Å². The molecule has 20 heavy (non-hydrogen) atoms. The molecule has 1 nitrogen and oxygen atoms in total. The molecular formula is C17H19NS2. The predicted molar refractivity (Wildman–Crippen MR) is 93.4 cm³/mol. The van der Waals surface area contributed by atoms with E-state index in [4.69, 9.17) is 0 Å². The highest BCUT2D eigenvalue weighted by Gasteiger charge is 2.18. The molecule has 3 aromatic rings. The van der Waals surface area contributed by atoms with E-state index >= 15 is 0 Å². The SMILES string of the molecule is CCN(CC)c1c(-c2cc(C)cs2)sc2ccccc12. The lowest BCUT2D eigenvalue weighted by molar-refractivity contribution is 0.873. The van der Waals surface area contributed by atoms with Crippen LogP contribution in [0.5, 0.6) is 0 Å². The van der Waals surface area contributed by atoms with E-state index in [9.17, 15) is 0 Å². The Hall–Kier alpha value is -1.32. The van der Waals surface area contributed by atoms with Crippen molar-refractivity contribution in [3.63, 3.8) is 0 Å². The first-order valence-electron chi connectivity index (χ1n) is 7.06. The standard InChI is InChI=1S/C17H19NS2/c1-4-18(5-2)16-13-8-6-7-9-14(13)20-17(16)15-10-12(3)11-19-15/h6-11H,4-5H2,1-3H3. The van der Waals surface area contributed by atoms with Crippen LogP contribution in [-0.2, 0) is 0 Å². The van der Waals surface area contributed by atoms with Gasteiger partial charge in [-0.3, -0.25) is 0 Å². The number of anilines is 1. The number of hydrogen-bond acceptors (Lipinski definition) is 3. The predicted octanol–water partition coefficient (Wildman–Crippen LogP) is 5.78. The van der Waals surface area contributed by atoms with Crippen LogP contribution < -0.4 is 4.90 Å². The summed E-state index contributed by atoms with van der Waals surface area (Å²) in [6.45, 7) is 8.74. The van der Waals surface area contributed by atoms with Gasteiger partial charge in [-0.2, -0.15) is 0 Å². The number of thiophene rings is 2. The Bertz CT molecular complexity index is 720. The molecule has 1 aromatic carbocycles. The third-order valence-corrected chi connectivity index (χ3v) is 5.99. The molecule has 0 radical (unpaired) electrons. The molecule has 0 fully saturated rings. The van der Waals surface area contributed by atoms with Gasteiger partial charge in [-0.1, -0.05) is 18.2 Å². The maximum atomic E-state index is 2.48. The van der Waals surface area contributed by atoms with Crippen molar-refractivity contribution in [2.45, 2.75) is 20.8 Å². The van der Waals surface area contributed by atoms with Crippen LogP contribution in [0, 0.1) is 6.92 Å². The summed E-state index contributed by atoms with van der Waals surface area (Å²) in [5.41, 5.74) is 2.77. The molecule has 104 valence electrons. The maximum Gasteiger partial charge on any atom is 0.0689 e. The minimum absolute atomic E-state index is 1.05. The Morgan fingerprint density at radius 2 is 1.85 bits per heavy atom. The zero-order chi connectivity index (χ0) is 14.1. The molecule has 2 aromatic heterocycles. The van der Waals surface area contributed by atoms with Crippen LogP contribution in [0.3, 0.4) is 0 Å². The van der Waals surface area contributed by atoms with Crippen molar-refractivity contribution in [3.8, 4) is 9.75 Å². The number of aryl methyl sites for hydroxylation is 1. The first-order valence-corrected chi connectivity index (χ1v) is 8.76. The Kier molecular flexibility index (Phi) is 3.81. The van der Waals surface area contributed by atoms with Crippen molar-refractivity contribution in [2.24, 2.45) is 0 Å². The quantitative estimate of drug-likeness (QED) is 0.590. The monoisotopic (exact) mass is 301 g/mol. The molecule has 0 atom stereocenters. The first-order chi connectivity index (χ1) is 9.74. The van der Waals surface area contributed by atoms with Gasteiger partial charge in [-0.15, -0.1) is 22.7 Å². The van der Waals surface area contributed by atoms with Crippen molar-refractivity contribution in [1.82, 2.24) is 0 Å². The molecule has 0 aliphatic carbocycles. The Morgan fingerprint density at radius 3 is 2.50 bits per heavy atom. The van der Waals surface area contributed by atoms with E-state index in [1.54, 1.807) is 0 Å². The summed E-state index contributed by atoms with van der Waals surface area (Å²) < 4.78 is 1.38. The topological polar surface area (TPSA) is 3.24 Å². The molecule has 0 saturated carbocycles. The molecule has 0 bridgehead atoms. The average molecular weight is 301 g/mol. The minimum Gasteiger partial charge on any atom is -0.370 e. The maximum absolute atomic E-state index is 2.48. The second-order valence-electron chi connectivity index (χ2n) is 4.94. The highest BCUT2D eigenvalue weighted by Crippen LogP contribution is 2.46. The molecule has 0 unspecified atom stereocenters. The van der Waals surface area contributed by atoms with Crippen molar-refractivity contribution in [1.29, 1.82) is 0 Å². The number of benzene rings is 1. The molecule has 0 saturated heterocycles. The second kappa shape index (κ2) is 5.58. The minimum atomic E-state index is 1.05. The molecule has 0 aliphatic heterocycles. The Balaban J connectivity index is 2.27. The largest absolute Gasteiger partial charge is 0.370 e. The van der Waals surface area contributed by atoms with E-state index < -0.39 is 0 Å². The van der Waals surface area contributed by atoms with Gasteiger partial charge in [0.2, 0.25) is 0 Å². The lowest BCUT2D eigenvalue weighted by Crippen LogP contribution is -2.21. The number of rotatable bonds is 4. The molecule has 0 amide bonds. The summed E-state index contributed by atoms with van der Waals surface area (Å²) >= 11 is 3.77. The van der Waals surface area contributed by atoms with E-state index in [0.29, 0.717) is 0 Å². The molecule has 0 aliphatic rings. The van der Waals surface area contributed by atoms with E-state index in [0.717, 1.165) is 13.1 Å². The van der Waals surface area contributed by atoms with Gasteiger partial charge < -0.3 is 4.90 Å². The lowest BCUT2D eigenvalue weighted by Gasteiger charge is -2.22. The van der Waals surface area contributed by atoms with Crippen LogP contribution in [0.15, 0.2) is 35.7 Å². The molecule has 3 rings (SSSR count). The van der Waals surface area contributed by atoms with Crippen LogP contribution in [-0.4, -0.2) is 13.1 Å². The summed E-state index contributed by atoms with van der Waals surface area (Å²) in [5.74, 6) is 0. The van der Waals surface area contributed by atoms with Crippen LogP contribution in [0.25, 0.3) is 19.8 Å². The molecular weight excluding hydrogens is 282 g/mol. The third kappa shape index (κ3) is 2.25. The van der Waals surface area contributed by atoms with Crippen molar-refractivity contribution in [2.75, 3.05) is 18.0 Å². The van der Waals surface area contributed by atoms with Crippen molar-refractivity contribution in [3.05, 3.63) is 41.3 Å². The lowest BCUT2D eigenvalue weighted by atomic mass is 10.2. The number of nitrogens with zero attached hydrogens (tertiary/aromatic N) is 1. The summed E-state index contributed by atoms with van der Waals surface area (Å²) in [6, 6.07) is 11.1. The highest BCUT2D eigenvalue weighted by molar-refractivity contribution is 7.26. The van der Waals surface area contributed by atoms with Crippen LogP contribution in [0.1, 0.15) is 19.4 Å². The van der Waals surface area contributed by atoms with E-state index in [2.05, 4.69) is 61.4 Å². The highest BCUT2D eigenvalue weighted by atomic mass is 32.1. The van der Waals surface area contributed by atoms with Crippen molar-refractivity contribution < 1.29 is 0 Å². The zero-order valence-corrected chi connectivity index (χ0v) is 13.8. The molecule has 0 spiro atoms. The van der Waals surface area contributed by atoms with Gasteiger partial charge in [0, 0.05) is 28.1 Å². The molecule has 0 N–H and O–H groups in total.